The van der Waals surface area contributed by atoms with Crippen LogP contribution in [0.2, 0.25) is 0 Å². The second-order valence-electron chi connectivity index (χ2n) is 6.47. The van der Waals surface area contributed by atoms with Crippen molar-refractivity contribution in [3.63, 3.8) is 0 Å². The van der Waals surface area contributed by atoms with Gasteiger partial charge >= 0.3 is 0 Å². The lowest BCUT2D eigenvalue weighted by Crippen LogP contribution is -2.52. The van der Waals surface area contributed by atoms with Crippen LogP contribution in [0.3, 0.4) is 0 Å². The first-order valence-corrected chi connectivity index (χ1v) is 8.40. The van der Waals surface area contributed by atoms with Gasteiger partial charge in [-0.2, -0.15) is 0 Å². The van der Waals surface area contributed by atoms with Crippen LogP contribution in [0.1, 0.15) is 51.5 Å². The molecule has 5 heteroatoms. The van der Waals surface area contributed by atoms with Crippen LogP contribution >= 0.6 is 0 Å². The number of benzene rings is 1. The van der Waals surface area contributed by atoms with E-state index in [0.717, 1.165) is 18.5 Å². The first-order valence-electron chi connectivity index (χ1n) is 8.40. The molecule has 1 saturated heterocycles. The number of anilines is 1. The number of hydrogen-bond donors (Lipinski definition) is 2. The molecular weight excluding hydrogens is 290 g/mol. The number of hydrogen-bond acceptors (Lipinski definition) is 3. The zero-order chi connectivity index (χ0) is 16.8. The molecule has 0 spiro atoms. The summed E-state index contributed by atoms with van der Waals surface area (Å²) < 4.78 is 0. The minimum absolute atomic E-state index is 0.0486. The van der Waals surface area contributed by atoms with Crippen LogP contribution in [0.4, 0.5) is 5.69 Å². The quantitative estimate of drug-likeness (QED) is 0.848. The maximum absolute atomic E-state index is 12.1. The Morgan fingerprint density at radius 3 is 2.61 bits per heavy atom. The molecule has 2 amide bonds. The third kappa shape index (κ3) is 5.06. The van der Waals surface area contributed by atoms with E-state index in [-0.39, 0.29) is 24.4 Å². The summed E-state index contributed by atoms with van der Waals surface area (Å²) in [5.74, 6) is 0.353. The largest absolute Gasteiger partial charge is 0.325 e. The highest BCUT2D eigenvalue weighted by atomic mass is 16.2. The van der Waals surface area contributed by atoms with Gasteiger partial charge in [0, 0.05) is 18.2 Å². The predicted molar refractivity (Wildman–Crippen MR) is 92.2 cm³/mol. The fourth-order valence-corrected chi connectivity index (χ4v) is 2.76. The molecule has 1 aliphatic rings. The van der Waals surface area contributed by atoms with Gasteiger partial charge < -0.3 is 10.2 Å². The van der Waals surface area contributed by atoms with Gasteiger partial charge in [0.2, 0.25) is 11.8 Å². The van der Waals surface area contributed by atoms with Crippen molar-refractivity contribution in [2.24, 2.45) is 0 Å². The molecule has 2 N–H and O–H groups in total. The summed E-state index contributed by atoms with van der Waals surface area (Å²) in [7, 11) is 0. The van der Waals surface area contributed by atoms with Crippen molar-refractivity contribution in [3.05, 3.63) is 29.8 Å². The summed E-state index contributed by atoms with van der Waals surface area (Å²) in [5.41, 5.74) is 2.00. The van der Waals surface area contributed by atoms with Gasteiger partial charge in [0.15, 0.2) is 0 Å². The maximum atomic E-state index is 12.1. The van der Waals surface area contributed by atoms with E-state index in [0.29, 0.717) is 19.0 Å². The molecule has 1 atom stereocenters. The van der Waals surface area contributed by atoms with E-state index in [4.69, 9.17) is 0 Å². The van der Waals surface area contributed by atoms with Crippen LogP contribution in [-0.2, 0) is 9.59 Å². The lowest BCUT2D eigenvalue weighted by molar-refractivity contribution is -0.138. The van der Waals surface area contributed by atoms with E-state index in [9.17, 15) is 9.59 Å². The summed E-state index contributed by atoms with van der Waals surface area (Å²) >= 11 is 0. The minimum Gasteiger partial charge on any atom is -0.325 e. The molecule has 1 unspecified atom stereocenters. The Kier molecular flexibility index (Phi) is 6.16. The number of nitrogens with zero attached hydrogens (tertiary/aromatic N) is 1. The topological polar surface area (TPSA) is 61.4 Å². The zero-order valence-electron chi connectivity index (χ0n) is 14.3. The van der Waals surface area contributed by atoms with Crippen LogP contribution in [-0.4, -0.2) is 36.0 Å². The Labute approximate surface area is 138 Å². The number of rotatable bonds is 6. The van der Waals surface area contributed by atoms with Crippen molar-refractivity contribution >= 4 is 17.5 Å². The average molecular weight is 317 g/mol. The normalized spacial score (nSPS) is 18.3. The molecule has 0 aliphatic carbocycles. The Morgan fingerprint density at radius 1 is 1.35 bits per heavy atom. The standard InChI is InChI=1S/C18H27N3O2/c1-4-5-16-10-18(23)21(12-19-16)11-17(22)20-15-8-6-14(7-9-15)13(2)3/h6-9,13,16,19H,4-5,10-12H2,1-3H3,(H,20,22). The maximum Gasteiger partial charge on any atom is 0.244 e. The Morgan fingerprint density at radius 2 is 2.04 bits per heavy atom. The summed E-state index contributed by atoms with van der Waals surface area (Å²) in [6, 6.07) is 8.09. The summed E-state index contributed by atoms with van der Waals surface area (Å²) in [6.45, 7) is 6.92. The molecule has 5 nitrogen and oxygen atoms in total. The molecule has 2 rings (SSSR count). The molecule has 0 radical (unpaired) electrons. The van der Waals surface area contributed by atoms with Crippen LogP contribution in [0.15, 0.2) is 24.3 Å². The molecule has 1 aliphatic heterocycles. The molecule has 23 heavy (non-hydrogen) atoms. The monoisotopic (exact) mass is 317 g/mol. The van der Waals surface area contributed by atoms with E-state index in [1.165, 1.54) is 5.56 Å². The second kappa shape index (κ2) is 8.11. The van der Waals surface area contributed by atoms with Crippen molar-refractivity contribution in [1.82, 2.24) is 10.2 Å². The van der Waals surface area contributed by atoms with Gasteiger partial charge in [0.25, 0.3) is 0 Å². The van der Waals surface area contributed by atoms with E-state index in [2.05, 4.69) is 31.4 Å². The Balaban J connectivity index is 1.84. The molecule has 1 aromatic carbocycles. The predicted octanol–water partition coefficient (Wildman–Crippen LogP) is 2.70. The van der Waals surface area contributed by atoms with E-state index < -0.39 is 0 Å². The number of amides is 2. The smallest absolute Gasteiger partial charge is 0.244 e. The van der Waals surface area contributed by atoms with Crippen molar-refractivity contribution in [2.75, 3.05) is 18.5 Å². The summed E-state index contributed by atoms with van der Waals surface area (Å²) in [6.07, 6.45) is 2.52. The lowest BCUT2D eigenvalue weighted by atomic mass is 10.0. The van der Waals surface area contributed by atoms with E-state index >= 15 is 0 Å². The van der Waals surface area contributed by atoms with Gasteiger partial charge in [0.1, 0.15) is 6.54 Å². The van der Waals surface area contributed by atoms with Gasteiger partial charge in [0.05, 0.1) is 6.67 Å². The lowest BCUT2D eigenvalue weighted by Gasteiger charge is -2.32. The highest BCUT2D eigenvalue weighted by Gasteiger charge is 2.25. The summed E-state index contributed by atoms with van der Waals surface area (Å²) in [4.78, 5) is 25.8. The van der Waals surface area contributed by atoms with Gasteiger partial charge in [-0.05, 0) is 30.0 Å². The second-order valence-corrected chi connectivity index (χ2v) is 6.47. The summed E-state index contributed by atoms with van der Waals surface area (Å²) in [5, 5.41) is 6.17. The molecule has 1 aromatic rings. The fourth-order valence-electron chi connectivity index (χ4n) is 2.76. The van der Waals surface area contributed by atoms with E-state index in [1.54, 1.807) is 4.90 Å². The first kappa shape index (κ1) is 17.5. The van der Waals surface area contributed by atoms with Crippen molar-refractivity contribution in [3.8, 4) is 0 Å². The Hall–Kier alpha value is -1.88. The van der Waals surface area contributed by atoms with Crippen LogP contribution < -0.4 is 10.6 Å². The highest BCUT2D eigenvalue weighted by molar-refractivity contribution is 5.94. The number of carbonyl (C=O) groups excluding carboxylic acids is 2. The average Bonchev–Trinajstić information content (AvgIpc) is 2.51. The fraction of sp³-hybridized carbons (Fsp3) is 0.556. The van der Waals surface area contributed by atoms with Gasteiger partial charge in [-0.3, -0.25) is 14.9 Å². The molecule has 0 saturated carbocycles. The molecule has 1 fully saturated rings. The first-order chi connectivity index (χ1) is 11.0. The number of carbonyl (C=O) groups is 2. The third-order valence-electron chi connectivity index (χ3n) is 4.18. The van der Waals surface area contributed by atoms with Gasteiger partial charge in [-0.25, -0.2) is 0 Å². The zero-order valence-corrected chi connectivity index (χ0v) is 14.3. The molecule has 0 aromatic heterocycles. The minimum atomic E-state index is -0.161. The van der Waals surface area contributed by atoms with E-state index in [1.807, 2.05) is 24.3 Å². The van der Waals surface area contributed by atoms with Crippen LogP contribution in [0.25, 0.3) is 0 Å². The molecule has 1 heterocycles. The SMILES string of the molecule is CCCC1CC(=O)N(CC(=O)Nc2ccc(C(C)C)cc2)CN1. The van der Waals surface area contributed by atoms with Gasteiger partial charge in [-0.1, -0.05) is 39.3 Å². The molecule has 126 valence electrons. The van der Waals surface area contributed by atoms with Crippen molar-refractivity contribution in [1.29, 1.82) is 0 Å². The van der Waals surface area contributed by atoms with Crippen LogP contribution in [0.5, 0.6) is 0 Å². The molecule has 0 bridgehead atoms. The number of nitrogens with one attached hydrogen (secondary N) is 2. The van der Waals surface area contributed by atoms with Crippen molar-refractivity contribution < 1.29 is 9.59 Å². The Bertz CT molecular complexity index is 540. The molecular formula is C18H27N3O2. The third-order valence-corrected chi connectivity index (χ3v) is 4.18. The van der Waals surface area contributed by atoms with Crippen molar-refractivity contribution in [2.45, 2.75) is 52.0 Å². The van der Waals surface area contributed by atoms with Crippen LogP contribution in [0, 0.1) is 0 Å². The van der Waals surface area contributed by atoms with Gasteiger partial charge in [-0.15, -0.1) is 0 Å². The highest BCUT2D eigenvalue weighted by Crippen LogP contribution is 2.17.